The Bertz CT molecular complexity index is 368. The third kappa shape index (κ3) is 3.14. The first-order valence-corrected chi connectivity index (χ1v) is 5.39. The molecule has 1 rings (SSSR count). The molecule has 82 valence electrons. The van der Waals surface area contributed by atoms with Crippen molar-refractivity contribution in [3.63, 3.8) is 0 Å². The van der Waals surface area contributed by atoms with Crippen molar-refractivity contribution in [1.29, 1.82) is 0 Å². The lowest BCUT2D eigenvalue weighted by Gasteiger charge is -2.11. The topological polar surface area (TPSA) is 89.3 Å². The lowest BCUT2D eigenvalue weighted by Crippen LogP contribution is -2.13. The Labute approximate surface area is 92.6 Å². The number of carbonyl (C=O) groups excluding carboxylic acids is 1. The summed E-state index contributed by atoms with van der Waals surface area (Å²) in [5.74, 6) is -0.505. The van der Waals surface area contributed by atoms with E-state index >= 15 is 0 Å². The normalized spacial score (nSPS) is 12.4. The minimum atomic E-state index is -0.505. The second kappa shape index (κ2) is 5.04. The number of aliphatic hydroxyl groups is 1. The van der Waals surface area contributed by atoms with Gasteiger partial charge in [0.25, 0.3) is 0 Å². The van der Waals surface area contributed by atoms with Crippen LogP contribution < -0.4 is 11.5 Å². The van der Waals surface area contributed by atoms with Crippen LogP contribution in [0.25, 0.3) is 0 Å². The SMILES string of the molecule is CC(CO)Sc1ccc(N)cc1C(N)=O. The Morgan fingerprint density at radius 3 is 2.80 bits per heavy atom. The number of thioether (sulfide) groups is 1. The van der Waals surface area contributed by atoms with Gasteiger partial charge in [-0.05, 0) is 18.2 Å². The van der Waals surface area contributed by atoms with Crippen molar-refractivity contribution in [3.05, 3.63) is 23.8 Å². The molecule has 1 unspecified atom stereocenters. The molecule has 1 aromatic rings. The molecule has 0 saturated heterocycles. The highest BCUT2D eigenvalue weighted by atomic mass is 32.2. The van der Waals surface area contributed by atoms with Gasteiger partial charge in [-0.15, -0.1) is 11.8 Å². The van der Waals surface area contributed by atoms with Crippen LogP contribution in [0.4, 0.5) is 5.69 Å². The van der Waals surface area contributed by atoms with E-state index in [0.29, 0.717) is 11.3 Å². The first-order chi connectivity index (χ1) is 7.04. The van der Waals surface area contributed by atoms with Crippen LogP contribution in [0.1, 0.15) is 17.3 Å². The number of hydrogen-bond donors (Lipinski definition) is 3. The summed E-state index contributed by atoms with van der Waals surface area (Å²) in [4.78, 5) is 11.9. The second-order valence-electron chi connectivity index (χ2n) is 3.23. The van der Waals surface area contributed by atoms with Crippen LogP contribution in [0, 0.1) is 0 Å². The summed E-state index contributed by atoms with van der Waals surface area (Å²) in [6, 6.07) is 5.00. The Morgan fingerprint density at radius 2 is 2.27 bits per heavy atom. The maximum Gasteiger partial charge on any atom is 0.249 e. The summed E-state index contributed by atoms with van der Waals surface area (Å²) in [7, 11) is 0. The van der Waals surface area contributed by atoms with Gasteiger partial charge in [0.1, 0.15) is 0 Å². The summed E-state index contributed by atoms with van der Waals surface area (Å²) in [5.41, 5.74) is 11.7. The molecule has 0 aliphatic rings. The second-order valence-corrected chi connectivity index (χ2v) is 4.71. The minimum Gasteiger partial charge on any atom is -0.399 e. The maximum atomic E-state index is 11.1. The molecule has 0 spiro atoms. The predicted octanol–water partition coefficient (Wildman–Crippen LogP) is 0.841. The van der Waals surface area contributed by atoms with Crippen LogP contribution in [0.2, 0.25) is 0 Å². The summed E-state index contributed by atoms with van der Waals surface area (Å²) in [6.45, 7) is 1.92. The fourth-order valence-corrected chi connectivity index (χ4v) is 2.04. The quantitative estimate of drug-likeness (QED) is 0.524. The molecule has 5 heteroatoms. The molecule has 0 aliphatic heterocycles. The predicted molar refractivity (Wildman–Crippen MR) is 61.8 cm³/mol. The van der Waals surface area contributed by atoms with Gasteiger partial charge in [0.05, 0.1) is 12.2 Å². The van der Waals surface area contributed by atoms with Crippen LogP contribution in [0.5, 0.6) is 0 Å². The Kier molecular flexibility index (Phi) is 3.99. The number of benzene rings is 1. The number of carbonyl (C=O) groups is 1. The fourth-order valence-electron chi connectivity index (χ4n) is 1.10. The highest BCUT2D eigenvalue weighted by Crippen LogP contribution is 2.27. The van der Waals surface area contributed by atoms with Crippen LogP contribution in [0.3, 0.4) is 0 Å². The number of nitrogens with two attached hydrogens (primary N) is 2. The number of aliphatic hydroxyl groups excluding tert-OH is 1. The monoisotopic (exact) mass is 226 g/mol. The van der Waals surface area contributed by atoms with Crippen LogP contribution in [0.15, 0.2) is 23.1 Å². The summed E-state index contributed by atoms with van der Waals surface area (Å²) in [6.07, 6.45) is 0. The maximum absolute atomic E-state index is 11.1. The first kappa shape index (κ1) is 11.9. The standard InChI is InChI=1S/C10H14N2O2S/c1-6(5-13)15-9-3-2-7(11)4-8(9)10(12)14/h2-4,6,13H,5,11H2,1H3,(H2,12,14). The van der Waals surface area contributed by atoms with Gasteiger partial charge in [0.2, 0.25) is 5.91 Å². The highest BCUT2D eigenvalue weighted by molar-refractivity contribution is 8.00. The van der Waals surface area contributed by atoms with Crippen LogP contribution >= 0.6 is 11.8 Å². The van der Waals surface area contributed by atoms with Crippen molar-refractivity contribution >= 4 is 23.4 Å². The molecule has 0 radical (unpaired) electrons. The highest BCUT2D eigenvalue weighted by Gasteiger charge is 2.11. The molecular formula is C10H14N2O2S. The molecule has 4 nitrogen and oxygen atoms in total. The Balaban J connectivity index is 3.01. The van der Waals surface area contributed by atoms with Gasteiger partial charge in [0, 0.05) is 15.8 Å². The van der Waals surface area contributed by atoms with Crippen molar-refractivity contribution in [1.82, 2.24) is 0 Å². The van der Waals surface area contributed by atoms with E-state index in [0.717, 1.165) is 4.90 Å². The van der Waals surface area contributed by atoms with Crippen LogP contribution in [-0.4, -0.2) is 22.9 Å². The molecule has 1 amide bonds. The van der Waals surface area contributed by atoms with E-state index in [9.17, 15) is 4.79 Å². The third-order valence-electron chi connectivity index (χ3n) is 1.85. The van der Waals surface area contributed by atoms with E-state index in [2.05, 4.69) is 0 Å². The van der Waals surface area contributed by atoms with Crippen molar-refractivity contribution in [2.75, 3.05) is 12.3 Å². The molecule has 5 N–H and O–H groups in total. The summed E-state index contributed by atoms with van der Waals surface area (Å²) in [5, 5.41) is 8.94. The minimum absolute atomic E-state index is 0.0201. The van der Waals surface area contributed by atoms with Crippen molar-refractivity contribution in [3.8, 4) is 0 Å². The van der Waals surface area contributed by atoms with E-state index in [-0.39, 0.29) is 11.9 Å². The van der Waals surface area contributed by atoms with E-state index in [1.54, 1.807) is 18.2 Å². The van der Waals surface area contributed by atoms with Crippen molar-refractivity contribution in [2.45, 2.75) is 17.1 Å². The van der Waals surface area contributed by atoms with Gasteiger partial charge in [-0.2, -0.15) is 0 Å². The molecule has 0 bridgehead atoms. The van der Waals surface area contributed by atoms with Crippen molar-refractivity contribution < 1.29 is 9.90 Å². The zero-order valence-electron chi connectivity index (χ0n) is 8.43. The number of nitrogen functional groups attached to an aromatic ring is 1. The largest absolute Gasteiger partial charge is 0.399 e. The molecule has 0 fully saturated rings. The van der Waals surface area contributed by atoms with Gasteiger partial charge < -0.3 is 16.6 Å². The van der Waals surface area contributed by atoms with E-state index in [4.69, 9.17) is 16.6 Å². The molecule has 0 heterocycles. The fraction of sp³-hybridized carbons (Fsp3) is 0.300. The summed E-state index contributed by atoms with van der Waals surface area (Å²) >= 11 is 1.40. The third-order valence-corrected chi connectivity index (χ3v) is 3.02. The number of primary amides is 1. The molecule has 1 aromatic carbocycles. The summed E-state index contributed by atoms with van der Waals surface area (Å²) < 4.78 is 0. The Hall–Kier alpha value is -1.20. The number of anilines is 1. The number of hydrogen-bond acceptors (Lipinski definition) is 4. The van der Waals surface area contributed by atoms with Crippen LogP contribution in [-0.2, 0) is 0 Å². The van der Waals surface area contributed by atoms with Gasteiger partial charge in [0.15, 0.2) is 0 Å². The molecule has 0 aliphatic carbocycles. The zero-order valence-corrected chi connectivity index (χ0v) is 9.25. The van der Waals surface area contributed by atoms with E-state index in [1.807, 2.05) is 6.92 Å². The average Bonchev–Trinajstić information content (AvgIpc) is 2.20. The molecule has 0 saturated carbocycles. The van der Waals surface area contributed by atoms with E-state index in [1.165, 1.54) is 11.8 Å². The van der Waals surface area contributed by atoms with Crippen molar-refractivity contribution in [2.24, 2.45) is 5.73 Å². The number of amides is 1. The lowest BCUT2D eigenvalue weighted by molar-refractivity contribution is 0.0997. The smallest absolute Gasteiger partial charge is 0.249 e. The molecule has 1 atom stereocenters. The average molecular weight is 226 g/mol. The van der Waals surface area contributed by atoms with Gasteiger partial charge in [-0.25, -0.2) is 0 Å². The molecule has 15 heavy (non-hydrogen) atoms. The van der Waals surface area contributed by atoms with Gasteiger partial charge >= 0.3 is 0 Å². The molecular weight excluding hydrogens is 212 g/mol. The zero-order chi connectivity index (χ0) is 11.4. The number of rotatable bonds is 4. The first-order valence-electron chi connectivity index (χ1n) is 4.51. The van der Waals surface area contributed by atoms with Gasteiger partial charge in [-0.3, -0.25) is 4.79 Å². The molecule has 0 aromatic heterocycles. The van der Waals surface area contributed by atoms with E-state index < -0.39 is 5.91 Å². The Morgan fingerprint density at radius 1 is 1.60 bits per heavy atom. The lowest BCUT2D eigenvalue weighted by atomic mass is 10.2. The van der Waals surface area contributed by atoms with Gasteiger partial charge in [-0.1, -0.05) is 6.92 Å².